The molecule has 0 aliphatic rings. The minimum Gasteiger partial charge on any atom is -0.384 e. The van der Waals surface area contributed by atoms with Gasteiger partial charge in [0.15, 0.2) is 0 Å². The highest BCUT2D eigenvalue weighted by Gasteiger charge is 2.05. The maximum absolute atomic E-state index is 12.0. The van der Waals surface area contributed by atoms with Crippen LogP contribution in [0.1, 0.15) is 4.88 Å². The molecule has 1 N–H and O–H groups in total. The molecule has 0 amide bonds. The first-order chi connectivity index (χ1) is 9.75. The molecule has 0 spiro atoms. The predicted octanol–water partition coefficient (Wildman–Crippen LogP) is 3.25. The van der Waals surface area contributed by atoms with Gasteiger partial charge in [-0.25, -0.2) is 0 Å². The zero-order valence-electron chi connectivity index (χ0n) is 11.3. The van der Waals surface area contributed by atoms with E-state index in [1.54, 1.807) is 29.0 Å². The maximum Gasteiger partial charge on any atom is 0.252 e. The number of aromatic nitrogens is 1. The summed E-state index contributed by atoms with van der Waals surface area (Å²) in [5, 5.41) is 6.56. The Bertz CT molecular complexity index is 775. The van der Waals surface area contributed by atoms with E-state index in [1.807, 2.05) is 24.3 Å². The van der Waals surface area contributed by atoms with Gasteiger partial charge in [0.1, 0.15) is 0 Å². The maximum atomic E-state index is 12.0. The molecule has 3 rings (SSSR count). The van der Waals surface area contributed by atoms with Crippen molar-refractivity contribution < 1.29 is 0 Å². The minimum absolute atomic E-state index is 0.0160. The largest absolute Gasteiger partial charge is 0.384 e. The van der Waals surface area contributed by atoms with Crippen LogP contribution >= 0.6 is 11.3 Å². The molecular weight excluding hydrogens is 268 g/mol. The number of pyridine rings is 1. The zero-order valence-corrected chi connectivity index (χ0v) is 12.1. The van der Waals surface area contributed by atoms with Crippen molar-refractivity contribution in [2.45, 2.75) is 6.42 Å². The Labute approximate surface area is 121 Å². The molecule has 3 aromatic rings. The molecule has 0 saturated carbocycles. The van der Waals surface area contributed by atoms with E-state index in [0.717, 1.165) is 29.6 Å². The lowest BCUT2D eigenvalue weighted by atomic mass is 10.1. The van der Waals surface area contributed by atoms with Crippen LogP contribution in [0.4, 0.5) is 5.69 Å². The van der Waals surface area contributed by atoms with Crippen LogP contribution in [-0.4, -0.2) is 11.1 Å². The van der Waals surface area contributed by atoms with E-state index in [1.165, 1.54) is 4.88 Å². The molecule has 2 heterocycles. The molecule has 0 aliphatic carbocycles. The van der Waals surface area contributed by atoms with Gasteiger partial charge >= 0.3 is 0 Å². The molecule has 4 heteroatoms. The van der Waals surface area contributed by atoms with Gasteiger partial charge < -0.3 is 9.88 Å². The molecule has 3 nitrogen and oxygen atoms in total. The summed E-state index contributed by atoms with van der Waals surface area (Å²) in [7, 11) is 1.81. The lowest BCUT2D eigenvalue weighted by Gasteiger charge is -2.11. The minimum atomic E-state index is 0.0160. The molecule has 0 aliphatic heterocycles. The van der Waals surface area contributed by atoms with Crippen molar-refractivity contribution in [3.63, 3.8) is 0 Å². The first-order valence-electron chi connectivity index (χ1n) is 6.61. The predicted molar refractivity (Wildman–Crippen MR) is 85.7 cm³/mol. The number of benzene rings is 1. The first-order valence-corrected chi connectivity index (χ1v) is 7.49. The molecule has 20 heavy (non-hydrogen) atoms. The van der Waals surface area contributed by atoms with Crippen LogP contribution in [0.3, 0.4) is 0 Å². The van der Waals surface area contributed by atoms with Gasteiger partial charge in [-0.1, -0.05) is 24.3 Å². The number of nitrogens with one attached hydrogen (secondary N) is 1. The number of hydrogen-bond acceptors (Lipinski definition) is 3. The Morgan fingerprint density at radius 1 is 1.20 bits per heavy atom. The summed E-state index contributed by atoms with van der Waals surface area (Å²) >= 11 is 1.76. The summed E-state index contributed by atoms with van der Waals surface area (Å²) in [6.45, 7) is 0.831. The van der Waals surface area contributed by atoms with E-state index in [0.29, 0.717) is 0 Å². The Morgan fingerprint density at radius 3 is 2.85 bits per heavy atom. The third-order valence-electron chi connectivity index (χ3n) is 3.42. The normalized spacial score (nSPS) is 10.8. The van der Waals surface area contributed by atoms with Gasteiger partial charge in [0.2, 0.25) is 0 Å². The van der Waals surface area contributed by atoms with E-state index in [9.17, 15) is 4.79 Å². The number of aryl methyl sites for hydroxylation is 1. The number of hydrogen-bond donors (Lipinski definition) is 1. The second kappa shape index (κ2) is 5.51. The fraction of sp³-hybridized carbons (Fsp3) is 0.188. The number of rotatable bonds is 4. The topological polar surface area (TPSA) is 34.0 Å². The molecule has 0 saturated heterocycles. The Hall–Kier alpha value is -2.07. The van der Waals surface area contributed by atoms with Crippen LogP contribution in [0.25, 0.3) is 10.9 Å². The lowest BCUT2D eigenvalue weighted by molar-refractivity contribution is 0.905. The number of anilines is 1. The van der Waals surface area contributed by atoms with Crippen LogP contribution in [-0.2, 0) is 13.5 Å². The Balaban J connectivity index is 1.87. The molecule has 0 radical (unpaired) electrons. The van der Waals surface area contributed by atoms with E-state index < -0.39 is 0 Å². The fourth-order valence-corrected chi connectivity index (χ4v) is 3.04. The molecule has 2 aromatic heterocycles. The Kier molecular flexibility index (Phi) is 3.56. The summed E-state index contributed by atoms with van der Waals surface area (Å²) in [4.78, 5) is 13.3. The monoisotopic (exact) mass is 284 g/mol. The van der Waals surface area contributed by atoms with Crippen LogP contribution in [0.2, 0.25) is 0 Å². The summed E-state index contributed by atoms with van der Waals surface area (Å²) in [5.41, 5.74) is 1.89. The van der Waals surface area contributed by atoms with Gasteiger partial charge in [0.05, 0.1) is 5.52 Å². The average molecular weight is 284 g/mol. The quantitative estimate of drug-likeness (QED) is 0.798. The van der Waals surface area contributed by atoms with E-state index in [2.05, 4.69) is 22.8 Å². The van der Waals surface area contributed by atoms with Gasteiger partial charge in [-0.15, -0.1) is 11.3 Å². The van der Waals surface area contributed by atoms with Gasteiger partial charge in [-0.05, 0) is 23.9 Å². The summed E-state index contributed by atoms with van der Waals surface area (Å²) < 4.78 is 1.68. The molecule has 0 unspecified atom stereocenters. The average Bonchev–Trinajstić information content (AvgIpc) is 2.97. The molecule has 1 aromatic carbocycles. The van der Waals surface area contributed by atoms with Crippen molar-refractivity contribution in [2.75, 3.05) is 11.9 Å². The van der Waals surface area contributed by atoms with E-state index >= 15 is 0 Å². The third-order valence-corrected chi connectivity index (χ3v) is 4.36. The highest BCUT2D eigenvalue weighted by atomic mass is 32.1. The highest BCUT2D eigenvalue weighted by Crippen LogP contribution is 2.20. The van der Waals surface area contributed by atoms with Gasteiger partial charge in [0.25, 0.3) is 5.56 Å². The van der Waals surface area contributed by atoms with Crippen molar-refractivity contribution >= 4 is 27.9 Å². The van der Waals surface area contributed by atoms with Crippen molar-refractivity contribution in [1.29, 1.82) is 0 Å². The van der Waals surface area contributed by atoms with Crippen molar-refractivity contribution in [3.05, 3.63) is 63.1 Å². The van der Waals surface area contributed by atoms with E-state index in [-0.39, 0.29) is 5.56 Å². The standard InChI is InChI=1S/C16H16N2OS/c1-18-15-7-3-2-6-13(15)14(11-16(18)19)17-9-8-12-5-4-10-20-12/h2-7,10-11,17H,8-9H2,1H3. The number of fused-ring (bicyclic) bond motifs is 1. The van der Waals surface area contributed by atoms with Crippen molar-refractivity contribution in [1.82, 2.24) is 4.57 Å². The molecular formula is C16H16N2OS. The summed E-state index contributed by atoms with van der Waals surface area (Å²) in [5.74, 6) is 0. The summed E-state index contributed by atoms with van der Waals surface area (Å²) in [6, 6.07) is 13.8. The smallest absolute Gasteiger partial charge is 0.252 e. The van der Waals surface area contributed by atoms with Crippen LogP contribution in [0.15, 0.2) is 52.6 Å². The molecule has 0 bridgehead atoms. The number of para-hydroxylation sites is 1. The lowest BCUT2D eigenvalue weighted by Crippen LogP contribution is -2.18. The van der Waals surface area contributed by atoms with Crippen LogP contribution in [0.5, 0.6) is 0 Å². The van der Waals surface area contributed by atoms with Crippen molar-refractivity contribution in [3.8, 4) is 0 Å². The third kappa shape index (κ3) is 2.47. The SMILES string of the molecule is Cn1c(=O)cc(NCCc2cccs2)c2ccccc21. The fourth-order valence-electron chi connectivity index (χ4n) is 2.33. The van der Waals surface area contributed by atoms with Crippen LogP contribution < -0.4 is 10.9 Å². The second-order valence-corrected chi connectivity index (χ2v) is 5.76. The van der Waals surface area contributed by atoms with Crippen LogP contribution in [0, 0.1) is 0 Å². The molecule has 0 atom stereocenters. The molecule has 0 fully saturated rings. The summed E-state index contributed by atoms with van der Waals surface area (Å²) in [6.07, 6.45) is 0.973. The van der Waals surface area contributed by atoms with Gasteiger partial charge in [-0.2, -0.15) is 0 Å². The Morgan fingerprint density at radius 2 is 2.05 bits per heavy atom. The molecule has 102 valence electrons. The second-order valence-electron chi connectivity index (χ2n) is 4.73. The first kappa shape index (κ1) is 12.9. The van der Waals surface area contributed by atoms with Gasteiger partial charge in [0, 0.05) is 35.6 Å². The zero-order chi connectivity index (χ0) is 13.9. The highest BCUT2D eigenvalue weighted by molar-refractivity contribution is 7.09. The number of thiophene rings is 1. The van der Waals surface area contributed by atoms with Crippen molar-refractivity contribution in [2.24, 2.45) is 7.05 Å². The van der Waals surface area contributed by atoms with Gasteiger partial charge in [-0.3, -0.25) is 4.79 Å². The van der Waals surface area contributed by atoms with E-state index in [4.69, 9.17) is 0 Å². The number of nitrogens with zero attached hydrogens (tertiary/aromatic N) is 1.